The first-order chi connectivity index (χ1) is 22.8. The maximum absolute atomic E-state index is 2.35. The van der Waals surface area contributed by atoms with Crippen molar-refractivity contribution in [2.24, 2.45) is 0 Å². The first-order valence-electron chi connectivity index (χ1n) is 17.1. The van der Waals surface area contributed by atoms with Crippen LogP contribution in [0.25, 0.3) is 0 Å². The summed E-state index contributed by atoms with van der Waals surface area (Å²) in [7, 11) is -1.02. The molecule has 0 N–H and O–H groups in total. The molecular formula is C46H52P2Zr. The van der Waals surface area contributed by atoms with Crippen LogP contribution in [0.3, 0.4) is 0 Å². The van der Waals surface area contributed by atoms with Crippen LogP contribution in [0.5, 0.6) is 0 Å². The van der Waals surface area contributed by atoms with E-state index < -0.39 is 15.8 Å². The van der Waals surface area contributed by atoms with Gasteiger partial charge < -0.3 is 0 Å². The summed E-state index contributed by atoms with van der Waals surface area (Å²) >= 11 is 0. The third kappa shape index (κ3) is 7.97. The van der Waals surface area contributed by atoms with Crippen LogP contribution in [0.15, 0.2) is 97.1 Å². The summed E-state index contributed by atoms with van der Waals surface area (Å²) in [6.45, 7) is 27.0. The molecule has 3 heteroatoms. The minimum atomic E-state index is -0.508. The Morgan fingerprint density at radius 1 is 0.327 bits per heavy atom. The average Bonchev–Trinajstić information content (AvgIpc) is 3.81. The Bertz CT molecular complexity index is 1780. The third-order valence-electron chi connectivity index (χ3n) is 10.9. The zero-order valence-corrected chi connectivity index (χ0v) is 35.9. The quantitative estimate of drug-likeness (QED) is 0.117. The molecule has 6 aromatic carbocycles. The van der Waals surface area contributed by atoms with Crippen molar-refractivity contribution in [2.45, 2.75) is 83.1 Å². The van der Waals surface area contributed by atoms with E-state index in [4.69, 9.17) is 0 Å². The molecule has 6 aromatic rings. The van der Waals surface area contributed by atoms with Crippen molar-refractivity contribution >= 4 is 47.7 Å². The monoisotopic (exact) mass is 756 g/mol. The maximum atomic E-state index is 2.35. The molecule has 0 heterocycles. The molecule has 0 nitrogen and oxygen atoms in total. The summed E-state index contributed by atoms with van der Waals surface area (Å²) in [5.74, 6) is 0. The minimum Gasteiger partial charge on any atom is -0.213 e. The van der Waals surface area contributed by atoms with Crippen LogP contribution in [0.1, 0.15) is 66.8 Å². The van der Waals surface area contributed by atoms with Crippen molar-refractivity contribution in [3.63, 3.8) is 0 Å². The van der Waals surface area contributed by atoms with Crippen molar-refractivity contribution in [3.8, 4) is 0 Å². The van der Waals surface area contributed by atoms with Crippen LogP contribution in [-0.2, 0) is 26.2 Å². The molecule has 0 aliphatic carbocycles. The van der Waals surface area contributed by atoms with Gasteiger partial charge in [0.15, 0.2) is 0 Å². The fourth-order valence-corrected chi connectivity index (χ4v) is 12.1. The molecule has 0 aliphatic rings. The van der Waals surface area contributed by atoms with Gasteiger partial charge in [0.05, 0.1) is 0 Å². The van der Waals surface area contributed by atoms with Crippen molar-refractivity contribution in [2.75, 3.05) is 0 Å². The first kappa shape index (κ1) is 39.1. The molecule has 0 aromatic heterocycles. The molecular weight excluding hydrogens is 706 g/mol. The maximum Gasteiger partial charge on any atom is 2.00 e. The van der Waals surface area contributed by atoms with Crippen LogP contribution < -0.4 is 31.8 Å². The second-order valence-electron chi connectivity index (χ2n) is 13.6. The van der Waals surface area contributed by atoms with Crippen LogP contribution in [0, 0.1) is 83.1 Å². The van der Waals surface area contributed by atoms with Gasteiger partial charge >= 0.3 is 26.2 Å². The molecule has 0 amide bonds. The molecule has 0 bridgehead atoms. The molecule has 0 radical (unpaired) electrons. The summed E-state index contributed by atoms with van der Waals surface area (Å²) in [6, 6.07) is 36.3. The zero-order valence-electron chi connectivity index (χ0n) is 31.6. The molecule has 0 aliphatic heterocycles. The van der Waals surface area contributed by atoms with Crippen molar-refractivity contribution in [1.82, 2.24) is 0 Å². The van der Waals surface area contributed by atoms with Gasteiger partial charge in [-0.2, -0.15) is 24.3 Å². The van der Waals surface area contributed by atoms with Gasteiger partial charge in [0.1, 0.15) is 0 Å². The molecule has 0 atom stereocenters. The van der Waals surface area contributed by atoms with Gasteiger partial charge in [-0.3, -0.25) is 0 Å². The van der Waals surface area contributed by atoms with E-state index in [2.05, 4.69) is 180 Å². The number of aryl methyl sites for hydroxylation is 4. The summed E-state index contributed by atoms with van der Waals surface area (Å²) in [6.07, 6.45) is 0. The summed E-state index contributed by atoms with van der Waals surface area (Å²) in [4.78, 5) is 0. The van der Waals surface area contributed by atoms with E-state index >= 15 is 0 Å². The van der Waals surface area contributed by atoms with E-state index in [0.717, 1.165) is 0 Å². The Balaban J connectivity index is 0.000000216. The molecule has 49 heavy (non-hydrogen) atoms. The number of benzene rings is 4. The predicted octanol–water partition coefficient (Wildman–Crippen LogP) is 10.0. The molecule has 6 rings (SSSR count). The van der Waals surface area contributed by atoms with Gasteiger partial charge in [-0.15, -0.1) is 10.6 Å². The second-order valence-corrected chi connectivity index (χ2v) is 17.9. The average molecular weight is 758 g/mol. The standard InChI is InChI=1S/2C23H26P.Zr/c2*1-15-11-13-22(19(5)17(15)3)24(21-9-7-8-10-21)23-14-12-16(2)18(4)20(23)6;/h2*7-14H,1-6H3;/q2*-1;+2. The number of rotatable bonds is 6. The molecule has 0 spiro atoms. The first-order valence-corrected chi connectivity index (χ1v) is 19.8. The van der Waals surface area contributed by atoms with Crippen molar-refractivity contribution < 1.29 is 26.2 Å². The van der Waals surface area contributed by atoms with Gasteiger partial charge in [-0.1, -0.05) is 48.5 Å². The summed E-state index contributed by atoms with van der Waals surface area (Å²) in [5.41, 5.74) is 17.0. The van der Waals surface area contributed by atoms with E-state index in [9.17, 15) is 0 Å². The third-order valence-corrected chi connectivity index (χ3v) is 16.4. The molecule has 250 valence electrons. The zero-order chi connectivity index (χ0) is 34.9. The molecule has 0 saturated carbocycles. The van der Waals surface area contributed by atoms with E-state index in [1.165, 1.54) is 98.6 Å². The molecule has 0 fully saturated rings. The van der Waals surface area contributed by atoms with E-state index in [1.807, 2.05) is 0 Å². The van der Waals surface area contributed by atoms with Crippen LogP contribution in [0.2, 0.25) is 0 Å². The Morgan fingerprint density at radius 3 is 0.776 bits per heavy atom. The van der Waals surface area contributed by atoms with E-state index in [1.54, 1.807) is 0 Å². The normalized spacial score (nSPS) is 11.1. The topological polar surface area (TPSA) is 0 Å². The van der Waals surface area contributed by atoms with Crippen LogP contribution >= 0.6 is 15.8 Å². The largest absolute Gasteiger partial charge is 2.00 e. The summed E-state index contributed by atoms with van der Waals surface area (Å²) < 4.78 is 0. The van der Waals surface area contributed by atoms with E-state index in [0.29, 0.717) is 0 Å². The van der Waals surface area contributed by atoms with Crippen molar-refractivity contribution in [1.29, 1.82) is 0 Å². The Morgan fingerprint density at radius 2 is 0.571 bits per heavy atom. The van der Waals surface area contributed by atoms with Crippen LogP contribution in [-0.4, -0.2) is 0 Å². The smallest absolute Gasteiger partial charge is 0.213 e. The van der Waals surface area contributed by atoms with E-state index in [-0.39, 0.29) is 26.2 Å². The molecule has 0 unspecified atom stereocenters. The second kappa shape index (κ2) is 16.6. The van der Waals surface area contributed by atoms with Gasteiger partial charge in [0.25, 0.3) is 0 Å². The summed E-state index contributed by atoms with van der Waals surface area (Å²) in [5, 5.41) is 8.86. The Kier molecular flexibility index (Phi) is 13.2. The Hall–Kier alpha value is -2.68. The molecule has 0 saturated heterocycles. The fraction of sp³-hybridized carbons (Fsp3) is 0.261. The number of hydrogen-bond acceptors (Lipinski definition) is 0. The van der Waals surface area contributed by atoms with Crippen molar-refractivity contribution in [3.05, 3.63) is 164 Å². The van der Waals surface area contributed by atoms with Gasteiger partial charge in [-0.25, -0.2) is 24.3 Å². The fourth-order valence-electron chi connectivity index (χ4n) is 6.58. The van der Waals surface area contributed by atoms with Gasteiger partial charge in [0, 0.05) is 0 Å². The van der Waals surface area contributed by atoms with Gasteiger partial charge in [-0.05, 0) is 187 Å². The SMILES string of the molecule is Cc1ccc(P(c2ccc[cH-]2)c2ccc(C)c(C)c2C)c(C)c1C.Cc1ccc(P(c2ccc[cH-]2)c2ccc(C)c(C)c2C)c(C)c1C.[Zr+2]. The van der Waals surface area contributed by atoms with Gasteiger partial charge in [0.2, 0.25) is 0 Å². The predicted molar refractivity (Wildman–Crippen MR) is 218 cm³/mol. The Labute approximate surface area is 318 Å². The number of hydrogen-bond donors (Lipinski definition) is 0. The minimum absolute atomic E-state index is 0. The van der Waals surface area contributed by atoms with Crippen LogP contribution in [0.4, 0.5) is 0 Å².